The zero-order chi connectivity index (χ0) is 11.8. The van der Waals surface area contributed by atoms with Gasteiger partial charge in [0.05, 0.1) is 16.9 Å². The van der Waals surface area contributed by atoms with Crippen LogP contribution in [-0.4, -0.2) is 22.6 Å². The molecule has 0 amide bonds. The predicted molar refractivity (Wildman–Crippen MR) is 65.4 cm³/mol. The third-order valence-corrected chi connectivity index (χ3v) is 3.24. The highest BCUT2D eigenvalue weighted by molar-refractivity contribution is 5.76. The van der Waals surface area contributed by atoms with E-state index in [2.05, 4.69) is 10.3 Å². The summed E-state index contributed by atoms with van der Waals surface area (Å²) in [7, 11) is 0. The Balaban J connectivity index is 2.31. The maximum atomic E-state index is 12.3. The minimum absolute atomic E-state index is 0.0316. The molecule has 0 radical (unpaired) electrons. The lowest BCUT2D eigenvalue weighted by atomic mass is 10.2. The fourth-order valence-corrected chi connectivity index (χ4v) is 2.37. The summed E-state index contributed by atoms with van der Waals surface area (Å²) in [6, 6.07) is 7.07. The van der Waals surface area contributed by atoms with E-state index in [9.17, 15) is 9.59 Å². The van der Waals surface area contributed by atoms with Gasteiger partial charge in [-0.05, 0) is 25.1 Å². The van der Waals surface area contributed by atoms with Crippen LogP contribution in [0.1, 0.15) is 12.5 Å². The molecule has 1 saturated heterocycles. The molecular weight excluding hydrogens is 218 g/mol. The number of hydrogen-bond donors (Lipinski definition) is 2. The zero-order valence-electron chi connectivity index (χ0n) is 9.27. The number of hydrogen-bond acceptors (Lipinski definition) is 3. The molecule has 2 heterocycles. The summed E-state index contributed by atoms with van der Waals surface area (Å²) in [5, 5.41) is 3.73. The fourth-order valence-electron chi connectivity index (χ4n) is 2.37. The van der Waals surface area contributed by atoms with Crippen molar-refractivity contribution in [2.75, 3.05) is 13.1 Å². The molecule has 1 atom stereocenters. The zero-order valence-corrected chi connectivity index (χ0v) is 9.27. The number of nitrogens with one attached hydrogen (secondary N) is 2. The molecule has 0 bridgehead atoms. The Morgan fingerprint density at radius 3 is 2.82 bits per heavy atom. The van der Waals surface area contributed by atoms with E-state index in [4.69, 9.17) is 0 Å². The fraction of sp³-hybridized carbons (Fsp3) is 0.333. The van der Waals surface area contributed by atoms with Crippen LogP contribution in [0.5, 0.6) is 0 Å². The normalized spacial score (nSPS) is 19.9. The Labute approximate surface area is 97.1 Å². The number of aromatic nitrogens is 2. The van der Waals surface area contributed by atoms with Crippen LogP contribution in [0.3, 0.4) is 0 Å². The van der Waals surface area contributed by atoms with Crippen LogP contribution in [0.2, 0.25) is 0 Å². The summed E-state index contributed by atoms with van der Waals surface area (Å²) >= 11 is 0. The van der Waals surface area contributed by atoms with Gasteiger partial charge in [0.1, 0.15) is 0 Å². The Bertz CT molecular complexity index is 665. The van der Waals surface area contributed by atoms with Crippen LogP contribution >= 0.6 is 0 Å². The van der Waals surface area contributed by atoms with Gasteiger partial charge in [-0.1, -0.05) is 12.1 Å². The van der Waals surface area contributed by atoms with E-state index in [-0.39, 0.29) is 17.3 Å². The molecule has 1 aromatic carbocycles. The second-order valence-electron chi connectivity index (χ2n) is 4.30. The molecule has 0 aliphatic carbocycles. The Hall–Kier alpha value is -1.88. The molecule has 88 valence electrons. The van der Waals surface area contributed by atoms with E-state index < -0.39 is 0 Å². The smallest absolute Gasteiger partial charge is 0.315 e. The Kier molecular flexibility index (Phi) is 2.33. The van der Waals surface area contributed by atoms with E-state index >= 15 is 0 Å². The molecule has 5 heteroatoms. The number of para-hydroxylation sites is 1. The van der Waals surface area contributed by atoms with Gasteiger partial charge in [-0.3, -0.25) is 9.36 Å². The van der Waals surface area contributed by atoms with Crippen LogP contribution in [-0.2, 0) is 0 Å². The van der Waals surface area contributed by atoms with Gasteiger partial charge in [0.2, 0.25) is 0 Å². The van der Waals surface area contributed by atoms with Crippen LogP contribution < -0.4 is 16.6 Å². The number of aromatic amines is 1. The van der Waals surface area contributed by atoms with Crippen LogP contribution in [0.15, 0.2) is 33.9 Å². The lowest BCUT2D eigenvalue weighted by Crippen LogP contribution is -2.38. The molecule has 1 fully saturated rings. The summed E-state index contributed by atoms with van der Waals surface area (Å²) in [5.74, 6) is 0. The van der Waals surface area contributed by atoms with E-state index in [0.29, 0.717) is 17.4 Å². The van der Waals surface area contributed by atoms with Crippen molar-refractivity contribution in [2.24, 2.45) is 0 Å². The molecule has 0 unspecified atom stereocenters. The SMILES string of the molecule is O=c1[nH]c2ccccc2c(=O)n1[C@H]1CCNC1. The molecule has 3 rings (SSSR count). The van der Waals surface area contributed by atoms with E-state index in [1.165, 1.54) is 4.57 Å². The van der Waals surface area contributed by atoms with Crippen molar-refractivity contribution in [1.29, 1.82) is 0 Å². The molecule has 0 spiro atoms. The number of rotatable bonds is 1. The molecule has 0 saturated carbocycles. The van der Waals surface area contributed by atoms with Crippen LogP contribution in [0.25, 0.3) is 10.9 Å². The van der Waals surface area contributed by atoms with E-state index in [0.717, 1.165) is 13.0 Å². The second kappa shape index (κ2) is 3.85. The maximum absolute atomic E-state index is 12.3. The van der Waals surface area contributed by atoms with Gasteiger partial charge in [-0.15, -0.1) is 0 Å². The molecule has 1 aliphatic rings. The van der Waals surface area contributed by atoms with Gasteiger partial charge in [-0.2, -0.15) is 0 Å². The van der Waals surface area contributed by atoms with E-state index in [1.807, 2.05) is 0 Å². The number of fused-ring (bicyclic) bond motifs is 1. The highest BCUT2D eigenvalue weighted by Gasteiger charge is 2.20. The van der Waals surface area contributed by atoms with Gasteiger partial charge < -0.3 is 10.3 Å². The standard InChI is InChI=1S/C12H13N3O2/c16-11-9-3-1-2-4-10(9)14-12(17)15(11)8-5-6-13-7-8/h1-4,8,13H,5-7H2,(H,14,17)/t8-/m0/s1. The minimum Gasteiger partial charge on any atom is -0.315 e. The van der Waals surface area contributed by atoms with Crippen LogP contribution in [0.4, 0.5) is 0 Å². The van der Waals surface area contributed by atoms with Crippen molar-refractivity contribution in [2.45, 2.75) is 12.5 Å². The predicted octanol–water partition coefficient (Wildman–Crippen LogP) is 0.224. The summed E-state index contributed by atoms with van der Waals surface area (Å²) in [6.07, 6.45) is 0.821. The average Bonchev–Trinajstić information content (AvgIpc) is 2.83. The first-order chi connectivity index (χ1) is 8.27. The van der Waals surface area contributed by atoms with Gasteiger partial charge in [0.15, 0.2) is 0 Å². The molecule has 2 N–H and O–H groups in total. The first-order valence-electron chi connectivity index (χ1n) is 5.71. The van der Waals surface area contributed by atoms with Gasteiger partial charge in [-0.25, -0.2) is 4.79 Å². The summed E-state index contributed by atoms with van der Waals surface area (Å²) in [6.45, 7) is 1.53. The highest BCUT2D eigenvalue weighted by atomic mass is 16.2. The van der Waals surface area contributed by atoms with Crippen molar-refractivity contribution in [3.8, 4) is 0 Å². The monoisotopic (exact) mass is 231 g/mol. The first-order valence-corrected chi connectivity index (χ1v) is 5.71. The van der Waals surface area contributed by atoms with Gasteiger partial charge in [0.25, 0.3) is 5.56 Å². The quantitative estimate of drug-likeness (QED) is 0.738. The third kappa shape index (κ3) is 1.59. The summed E-state index contributed by atoms with van der Waals surface area (Å²) in [5.41, 5.74) is 0.0881. The topological polar surface area (TPSA) is 66.9 Å². The summed E-state index contributed by atoms with van der Waals surface area (Å²) in [4.78, 5) is 26.9. The molecule has 1 aromatic heterocycles. The van der Waals surface area contributed by atoms with Crippen molar-refractivity contribution in [3.05, 3.63) is 45.1 Å². The Morgan fingerprint density at radius 2 is 2.06 bits per heavy atom. The van der Waals surface area contributed by atoms with E-state index in [1.54, 1.807) is 24.3 Å². The first kappa shape index (κ1) is 10.3. The van der Waals surface area contributed by atoms with Crippen molar-refractivity contribution >= 4 is 10.9 Å². The lowest BCUT2D eigenvalue weighted by molar-refractivity contribution is 0.508. The largest absolute Gasteiger partial charge is 0.329 e. The van der Waals surface area contributed by atoms with Gasteiger partial charge in [0, 0.05) is 6.54 Å². The van der Waals surface area contributed by atoms with Crippen molar-refractivity contribution in [3.63, 3.8) is 0 Å². The molecule has 1 aliphatic heterocycles. The highest BCUT2D eigenvalue weighted by Crippen LogP contribution is 2.11. The number of H-pyrrole nitrogens is 1. The lowest BCUT2D eigenvalue weighted by Gasteiger charge is -2.11. The molecular formula is C12H13N3O2. The maximum Gasteiger partial charge on any atom is 0.329 e. The van der Waals surface area contributed by atoms with Crippen molar-refractivity contribution in [1.82, 2.24) is 14.9 Å². The Morgan fingerprint density at radius 1 is 1.24 bits per heavy atom. The molecule has 17 heavy (non-hydrogen) atoms. The molecule has 2 aromatic rings. The average molecular weight is 231 g/mol. The summed E-state index contributed by atoms with van der Waals surface area (Å²) < 4.78 is 1.34. The second-order valence-corrected chi connectivity index (χ2v) is 4.30. The third-order valence-electron chi connectivity index (χ3n) is 3.24. The van der Waals surface area contributed by atoms with Gasteiger partial charge >= 0.3 is 5.69 Å². The molecule has 5 nitrogen and oxygen atoms in total. The minimum atomic E-state index is -0.317. The van der Waals surface area contributed by atoms with Crippen molar-refractivity contribution < 1.29 is 0 Å². The number of nitrogens with zero attached hydrogens (tertiary/aromatic N) is 1. The van der Waals surface area contributed by atoms with Crippen LogP contribution in [0, 0.1) is 0 Å². The number of benzene rings is 1.